The van der Waals surface area contributed by atoms with E-state index in [1.165, 1.54) is 0 Å². The van der Waals surface area contributed by atoms with Crippen LogP contribution >= 0.6 is 0 Å². The smallest absolute Gasteiger partial charge is 0.168 e. The van der Waals surface area contributed by atoms with Crippen LogP contribution in [-0.4, -0.2) is 11.3 Å². The third kappa shape index (κ3) is 1.89. The lowest BCUT2D eigenvalue weighted by atomic mass is 10.1. The summed E-state index contributed by atoms with van der Waals surface area (Å²) in [5.74, 6) is 0. The molecule has 1 heterocycles. The van der Waals surface area contributed by atoms with E-state index in [0.29, 0.717) is 5.69 Å². The molecule has 0 fully saturated rings. The molecule has 2 N–H and O–H groups in total. The van der Waals surface area contributed by atoms with Gasteiger partial charge in [-0.15, -0.1) is 0 Å². The summed E-state index contributed by atoms with van der Waals surface area (Å²) in [6.07, 6.45) is 1.56. The number of hydrogen-bond acceptors (Lipinski definition) is 3. The Balaban J connectivity index is 2.93. The number of hydrogen-bond donors (Lipinski definition) is 1. The average Bonchev–Trinajstić information content (AvgIpc) is 2.17. The van der Waals surface area contributed by atoms with Gasteiger partial charge in [0.1, 0.15) is 5.69 Å². The van der Waals surface area contributed by atoms with Gasteiger partial charge in [-0.1, -0.05) is 13.0 Å². The Morgan fingerprint density at radius 3 is 3.00 bits per heavy atom. The number of aldehydes is 1. The zero-order valence-electron chi connectivity index (χ0n) is 7.03. The molecule has 1 aromatic rings. The van der Waals surface area contributed by atoms with Crippen LogP contribution in [-0.2, 0) is 0 Å². The molecular weight excluding hydrogens is 152 g/mol. The SMILES string of the molecule is CC[C@H](N)c1cccc(C=O)n1. The Bertz CT molecular complexity index is 273. The first-order valence-corrected chi connectivity index (χ1v) is 3.95. The maximum absolute atomic E-state index is 10.4. The van der Waals surface area contributed by atoms with Crippen molar-refractivity contribution >= 4 is 6.29 Å². The quantitative estimate of drug-likeness (QED) is 0.685. The van der Waals surface area contributed by atoms with Gasteiger partial charge in [0.25, 0.3) is 0 Å². The fraction of sp³-hybridized carbons (Fsp3) is 0.333. The number of carbonyl (C=O) groups excluding carboxylic acids is 1. The van der Waals surface area contributed by atoms with E-state index in [-0.39, 0.29) is 6.04 Å². The van der Waals surface area contributed by atoms with Crippen molar-refractivity contribution in [2.45, 2.75) is 19.4 Å². The average molecular weight is 164 g/mol. The largest absolute Gasteiger partial charge is 0.323 e. The van der Waals surface area contributed by atoms with Crippen LogP contribution in [0.3, 0.4) is 0 Å². The van der Waals surface area contributed by atoms with E-state index in [9.17, 15) is 4.79 Å². The van der Waals surface area contributed by atoms with Gasteiger partial charge < -0.3 is 5.73 Å². The highest BCUT2D eigenvalue weighted by molar-refractivity contribution is 5.71. The highest BCUT2D eigenvalue weighted by atomic mass is 16.1. The van der Waals surface area contributed by atoms with Gasteiger partial charge in [-0.2, -0.15) is 0 Å². The first kappa shape index (κ1) is 8.87. The van der Waals surface area contributed by atoms with Crippen LogP contribution in [0, 0.1) is 0 Å². The Hall–Kier alpha value is -1.22. The summed E-state index contributed by atoms with van der Waals surface area (Å²) < 4.78 is 0. The molecule has 0 aliphatic carbocycles. The van der Waals surface area contributed by atoms with Crippen LogP contribution in [0.1, 0.15) is 35.6 Å². The second kappa shape index (κ2) is 3.97. The molecule has 3 nitrogen and oxygen atoms in total. The Labute approximate surface area is 71.6 Å². The minimum Gasteiger partial charge on any atom is -0.323 e. The zero-order chi connectivity index (χ0) is 8.97. The monoisotopic (exact) mass is 164 g/mol. The fourth-order valence-electron chi connectivity index (χ4n) is 0.950. The molecule has 0 radical (unpaired) electrons. The summed E-state index contributed by atoms with van der Waals surface area (Å²) in [4.78, 5) is 14.4. The van der Waals surface area contributed by atoms with E-state index in [4.69, 9.17) is 5.73 Å². The summed E-state index contributed by atoms with van der Waals surface area (Å²) >= 11 is 0. The molecular formula is C9H12N2O. The van der Waals surface area contributed by atoms with Crippen molar-refractivity contribution in [3.05, 3.63) is 29.6 Å². The fourth-order valence-corrected chi connectivity index (χ4v) is 0.950. The molecule has 0 amide bonds. The summed E-state index contributed by atoms with van der Waals surface area (Å²) in [6, 6.07) is 5.23. The lowest BCUT2D eigenvalue weighted by Gasteiger charge is -2.07. The van der Waals surface area contributed by atoms with E-state index in [2.05, 4.69) is 4.98 Å². The molecule has 64 valence electrons. The second-order valence-corrected chi connectivity index (χ2v) is 2.62. The van der Waals surface area contributed by atoms with E-state index >= 15 is 0 Å². The Morgan fingerprint density at radius 1 is 1.67 bits per heavy atom. The lowest BCUT2D eigenvalue weighted by molar-refractivity contribution is 0.111. The number of pyridine rings is 1. The molecule has 1 atom stereocenters. The third-order valence-electron chi connectivity index (χ3n) is 1.73. The number of aromatic nitrogens is 1. The minimum atomic E-state index is -0.0649. The molecule has 0 spiro atoms. The third-order valence-corrected chi connectivity index (χ3v) is 1.73. The van der Waals surface area contributed by atoms with Gasteiger partial charge in [0.05, 0.1) is 5.69 Å². The summed E-state index contributed by atoms with van der Waals surface area (Å²) in [5.41, 5.74) is 6.96. The van der Waals surface area contributed by atoms with Crippen LogP contribution in [0.2, 0.25) is 0 Å². The molecule has 0 aliphatic heterocycles. The molecule has 0 bridgehead atoms. The summed E-state index contributed by atoms with van der Waals surface area (Å²) in [7, 11) is 0. The van der Waals surface area contributed by atoms with Gasteiger partial charge in [0.15, 0.2) is 6.29 Å². The number of carbonyl (C=O) groups is 1. The maximum Gasteiger partial charge on any atom is 0.168 e. The highest BCUT2D eigenvalue weighted by Crippen LogP contribution is 2.10. The van der Waals surface area contributed by atoms with Gasteiger partial charge in [0.2, 0.25) is 0 Å². The molecule has 1 rings (SSSR count). The van der Waals surface area contributed by atoms with E-state index in [0.717, 1.165) is 18.4 Å². The molecule has 1 aromatic heterocycles. The predicted octanol–water partition coefficient (Wildman–Crippen LogP) is 1.30. The second-order valence-electron chi connectivity index (χ2n) is 2.62. The van der Waals surface area contributed by atoms with Gasteiger partial charge in [-0.3, -0.25) is 4.79 Å². The van der Waals surface area contributed by atoms with Crippen molar-refractivity contribution in [3.63, 3.8) is 0 Å². The minimum absolute atomic E-state index is 0.0649. The van der Waals surface area contributed by atoms with Crippen molar-refractivity contribution in [3.8, 4) is 0 Å². The molecule has 0 aliphatic rings. The molecule has 0 saturated heterocycles. The van der Waals surface area contributed by atoms with Gasteiger partial charge in [-0.25, -0.2) is 4.98 Å². The molecule has 0 saturated carbocycles. The first-order valence-electron chi connectivity index (χ1n) is 3.95. The van der Waals surface area contributed by atoms with E-state index in [1.807, 2.05) is 13.0 Å². The van der Waals surface area contributed by atoms with Crippen molar-refractivity contribution in [1.82, 2.24) is 4.98 Å². The van der Waals surface area contributed by atoms with Gasteiger partial charge >= 0.3 is 0 Å². The van der Waals surface area contributed by atoms with Crippen molar-refractivity contribution in [1.29, 1.82) is 0 Å². The molecule has 0 aromatic carbocycles. The van der Waals surface area contributed by atoms with Crippen molar-refractivity contribution < 1.29 is 4.79 Å². The molecule has 0 unspecified atom stereocenters. The topological polar surface area (TPSA) is 56.0 Å². The normalized spacial score (nSPS) is 12.5. The van der Waals surface area contributed by atoms with Crippen LogP contribution in [0.4, 0.5) is 0 Å². The molecule has 12 heavy (non-hydrogen) atoms. The zero-order valence-corrected chi connectivity index (χ0v) is 7.03. The lowest BCUT2D eigenvalue weighted by Crippen LogP contribution is -2.11. The Morgan fingerprint density at radius 2 is 2.42 bits per heavy atom. The first-order chi connectivity index (χ1) is 5.77. The highest BCUT2D eigenvalue weighted by Gasteiger charge is 2.04. The van der Waals surface area contributed by atoms with Crippen molar-refractivity contribution in [2.75, 3.05) is 0 Å². The van der Waals surface area contributed by atoms with Crippen LogP contribution < -0.4 is 5.73 Å². The van der Waals surface area contributed by atoms with Crippen LogP contribution in [0.15, 0.2) is 18.2 Å². The van der Waals surface area contributed by atoms with Crippen molar-refractivity contribution in [2.24, 2.45) is 5.73 Å². The number of nitrogens with two attached hydrogens (primary N) is 1. The standard InChI is InChI=1S/C9H12N2O/c1-2-8(10)9-5-3-4-7(6-12)11-9/h3-6,8H,2,10H2,1H3/t8-/m0/s1. The van der Waals surface area contributed by atoms with Gasteiger partial charge in [-0.05, 0) is 18.6 Å². The predicted molar refractivity (Wildman–Crippen MR) is 46.8 cm³/mol. The van der Waals surface area contributed by atoms with E-state index in [1.54, 1.807) is 12.1 Å². The van der Waals surface area contributed by atoms with Crippen LogP contribution in [0.5, 0.6) is 0 Å². The maximum atomic E-state index is 10.4. The summed E-state index contributed by atoms with van der Waals surface area (Å²) in [6.45, 7) is 1.99. The number of rotatable bonds is 3. The van der Waals surface area contributed by atoms with E-state index < -0.39 is 0 Å². The van der Waals surface area contributed by atoms with Gasteiger partial charge in [0, 0.05) is 6.04 Å². The Kier molecular flexibility index (Phi) is 2.94. The summed E-state index contributed by atoms with van der Waals surface area (Å²) in [5, 5.41) is 0. The number of nitrogens with zero attached hydrogens (tertiary/aromatic N) is 1. The van der Waals surface area contributed by atoms with Crippen LogP contribution in [0.25, 0.3) is 0 Å². The molecule has 3 heteroatoms.